The van der Waals surface area contributed by atoms with Crippen molar-refractivity contribution >= 4 is 90.2 Å². The molecule has 0 aliphatic carbocycles. The summed E-state index contributed by atoms with van der Waals surface area (Å²) in [6.45, 7) is 51.9. The Morgan fingerprint density at radius 2 is 0.490 bits per heavy atom. The maximum atomic E-state index is 12.6. The van der Waals surface area contributed by atoms with Crippen molar-refractivity contribution in [3.8, 4) is 0 Å². The van der Waals surface area contributed by atoms with Gasteiger partial charge in [0.05, 0.1) is 56.3 Å². The third-order valence-corrected chi connectivity index (χ3v) is 39.7. The van der Waals surface area contributed by atoms with Crippen molar-refractivity contribution in [3.05, 3.63) is 267 Å². The predicted octanol–water partition coefficient (Wildman–Crippen LogP) is 18.6. The summed E-state index contributed by atoms with van der Waals surface area (Å²) >= 11 is 0. The highest BCUT2D eigenvalue weighted by molar-refractivity contribution is 7.91. The largest absolute Gasteiger partial charge is 0.392 e. The maximum Gasteiger partial charge on any atom is 0.243 e. The van der Waals surface area contributed by atoms with Gasteiger partial charge in [0.1, 0.15) is 0 Å². The second-order valence-corrected chi connectivity index (χ2v) is 57.7. The Morgan fingerprint density at radius 1 is 0.242 bits per heavy atom. The number of aliphatic hydroxyl groups excluding tert-OH is 2. The lowest BCUT2D eigenvalue weighted by Gasteiger charge is -2.31. The molecule has 9 aromatic rings. The average molecular weight is 2240 g/mol. The molecular weight excluding hydrogens is 2070 g/mol. The number of piperidine rings is 4. The van der Waals surface area contributed by atoms with Gasteiger partial charge in [-0.05, 0) is 308 Å². The minimum atomic E-state index is -3.58. The van der Waals surface area contributed by atoms with Gasteiger partial charge in [-0.3, -0.25) is 0 Å². The van der Waals surface area contributed by atoms with Gasteiger partial charge in [-0.2, -0.15) is 21.5 Å². The van der Waals surface area contributed by atoms with Crippen molar-refractivity contribution in [3.63, 3.8) is 0 Å². The number of benzene rings is 9. The molecular formula is C110H166N10O20S9. The Balaban J connectivity index is 0.000000257. The first kappa shape index (κ1) is 130. The quantitative estimate of drug-likeness (QED) is 0.0346. The minimum Gasteiger partial charge on any atom is -0.392 e. The fourth-order valence-electron chi connectivity index (χ4n) is 16.6. The molecule has 10 N–H and O–H groups in total. The summed E-state index contributed by atoms with van der Waals surface area (Å²) < 4.78 is 221. The third kappa shape index (κ3) is 40.1. The first-order valence-electron chi connectivity index (χ1n) is 51.1. The summed E-state index contributed by atoms with van der Waals surface area (Å²) in [4.78, 5) is 4.78. The molecule has 0 unspecified atom stereocenters. The monoisotopic (exact) mass is 2230 g/mol. The number of primary sulfonamides is 4. The number of hydrogen-bond acceptors (Lipinski definition) is 21. The van der Waals surface area contributed by atoms with E-state index < -0.39 is 102 Å². The molecule has 0 aromatic heterocycles. The molecule has 0 radical (unpaired) electrons. The van der Waals surface area contributed by atoms with Crippen LogP contribution in [-0.4, -0.2) is 210 Å². The van der Waals surface area contributed by atoms with E-state index in [9.17, 15) is 86.0 Å². The molecule has 5 aliphatic rings. The van der Waals surface area contributed by atoms with E-state index in [0.29, 0.717) is 168 Å². The van der Waals surface area contributed by atoms with Crippen molar-refractivity contribution in [2.45, 2.75) is 313 Å². The van der Waals surface area contributed by atoms with E-state index in [1.165, 1.54) is 38.4 Å². The van der Waals surface area contributed by atoms with Gasteiger partial charge in [0.15, 0.2) is 0 Å². The van der Waals surface area contributed by atoms with E-state index in [1.807, 2.05) is 157 Å². The van der Waals surface area contributed by atoms with Crippen molar-refractivity contribution in [2.24, 2.45) is 32.4 Å². The van der Waals surface area contributed by atoms with Crippen LogP contribution in [-0.2, 0) is 90.2 Å². The number of rotatable bonds is 23. The van der Waals surface area contributed by atoms with Crippen LogP contribution in [0.25, 0.3) is 0 Å². The molecule has 9 aromatic carbocycles. The predicted molar refractivity (Wildman–Crippen MR) is 598 cm³/mol. The van der Waals surface area contributed by atoms with Gasteiger partial charge in [0, 0.05) is 78.5 Å². The van der Waals surface area contributed by atoms with Crippen LogP contribution in [0.2, 0.25) is 0 Å². The van der Waals surface area contributed by atoms with E-state index in [1.54, 1.807) is 128 Å². The molecule has 830 valence electrons. The zero-order chi connectivity index (χ0) is 112. The van der Waals surface area contributed by atoms with Crippen molar-refractivity contribution in [1.82, 2.24) is 26.4 Å². The minimum absolute atomic E-state index is 0.164. The van der Waals surface area contributed by atoms with E-state index in [2.05, 4.69) is 74.1 Å². The van der Waals surface area contributed by atoms with Gasteiger partial charge >= 0.3 is 0 Å². The number of β-amino-alcohol motifs (C(OH)–C–C–N with tert-alkyl or cyclic N) is 2. The van der Waals surface area contributed by atoms with Crippen LogP contribution in [0.4, 0.5) is 0 Å². The van der Waals surface area contributed by atoms with Crippen LogP contribution < -0.4 is 20.6 Å². The molecule has 5 heterocycles. The topological polar surface area (TPSA) is 471 Å². The van der Waals surface area contributed by atoms with E-state index in [0.717, 1.165) is 94.4 Å². The lowest BCUT2D eigenvalue weighted by atomic mass is 9.98. The fraction of sp³-hybridized carbons (Fsp3) is 0.509. The Kier molecular flexibility index (Phi) is 50.0. The number of piperazine rings is 1. The van der Waals surface area contributed by atoms with Gasteiger partial charge in [-0.15, -0.1) is 0 Å². The summed E-state index contributed by atoms with van der Waals surface area (Å²) in [6, 6.07) is 59.4. The van der Waals surface area contributed by atoms with Gasteiger partial charge in [-0.1, -0.05) is 236 Å². The van der Waals surface area contributed by atoms with Crippen LogP contribution in [0.5, 0.6) is 0 Å². The van der Waals surface area contributed by atoms with E-state index >= 15 is 0 Å². The number of likely N-dealkylation sites (N-methyl/N-ethyl adjacent to an activating group) is 1. The molecule has 5 saturated heterocycles. The number of nitrogens with zero attached hydrogens (tertiary/aromatic N) is 6. The molecule has 149 heavy (non-hydrogen) atoms. The van der Waals surface area contributed by atoms with Gasteiger partial charge < -0.3 is 15.1 Å². The van der Waals surface area contributed by atoms with Crippen LogP contribution in [0, 0.1) is 25.7 Å². The van der Waals surface area contributed by atoms with Crippen LogP contribution in [0.3, 0.4) is 0 Å². The Labute approximate surface area is 894 Å². The highest BCUT2D eigenvalue weighted by Gasteiger charge is 2.35. The van der Waals surface area contributed by atoms with Crippen molar-refractivity contribution < 1.29 is 86.0 Å². The van der Waals surface area contributed by atoms with Crippen LogP contribution in [0.1, 0.15) is 304 Å². The second-order valence-electron chi connectivity index (χ2n) is 41.8. The van der Waals surface area contributed by atoms with Gasteiger partial charge in [0.25, 0.3) is 0 Å². The molecule has 5 aliphatic heterocycles. The summed E-state index contributed by atoms with van der Waals surface area (Å²) in [5.74, 6) is 4.44. The van der Waals surface area contributed by atoms with Crippen molar-refractivity contribution in [1.29, 1.82) is 0 Å². The highest BCUT2D eigenvalue weighted by Crippen LogP contribution is 2.33. The zero-order valence-corrected chi connectivity index (χ0v) is 98.5. The van der Waals surface area contributed by atoms with Crippen LogP contribution in [0.15, 0.2) is 250 Å². The van der Waals surface area contributed by atoms with Gasteiger partial charge in [-0.25, -0.2) is 96.3 Å². The molecule has 0 bridgehead atoms. The third-order valence-electron chi connectivity index (χ3n) is 26.6. The lowest BCUT2D eigenvalue weighted by Crippen LogP contribution is -2.46. The maximum absolute atomic E-state index is 12.6. The van der Waals surface area contributed by atoms with E-state index in [-0.39, 0.29) is 32.7 Å². The number of hydrogen-bond donors (Lipinski definition) is 6. The van der Waals surface area contributed by atoms with Gasteiger partial charge in [0.2, 0.25) is 90.2 Å². The fourth-order valence-corrected chi connectivity index (χ4v) is 26.4. The number of aliphatic hydroxyl groups is 2. The summed E-state index contributed by atoms with van der Waals surface area (Å²) in [6.07, 6.45) is 5.54. The first-order chi connectivity index (χ1) is 69.0. The molecule has 0 saturated carbocycles. The summed E-state index contributed by atoms with van der Waals surface area (Å²) in [7, 11) is -29.1. The summed E-state index contributed by atoms with van der Waals surface area (Å²) in [5, 5.41) is 39.3. The molecule has 0 amide bonds. The van der Waals surface area contributed by atoms with Crippen LogP contribution >= 0.6 is 0 Å². The number of aryl methyl sites for hydroxylation is 2. The Morgan fingerprint density at radius 3 is 0.772 bits per heavy atom. The molecule has 5 fully saturated rings. The molecule has 30 nitrogen and oxygen atoms in total. The number of sulfonamides is 9. The summed E-state index contributed by atoms with van der Waals surface area (Å²) in [5.41, 5.74) is 11.7. The SMILES string of the molecule is CC(C)c1ccc(S(=O)(=O)N2CCN(C)CC2)cc1.CC(C)c1ccc(S(N)(=O)=O)cc1.CC(C)c1cccc(S(=O)(=O)N2CCC[C@@H](O)C2)c1.CC(C)c1cccc(S(=O)(=O)N2CCC[C@H](O)C2)c1.CC(C)c1cccc(S(N)(=O)=O)c1.CC1CCN(S(=O)(=O)c2ccc(C(C)C)cc2)CC1.CC1CCN(S(=O)(=O)c2cccc(C(C)C)c2)CC1.Cc1cc(S(N)(=O)=O)ccc1C(C)C.Cc1ccc(S(N)(=O)=O)cc1C(C)C. The smallest absolute Gasteiger partial charge is 0.243 e. The zero-order valence-electron chi connectivity index (χ0n) is 91.2. The molecule has 0 spiro atoms. The number of nitrogens with two attached hydrogens (primary N) is 4. The molecule has 39 heteroatoms. The normalized spacial score (nSPS) is 17.2. The average Bonchev–Trinajstić information content (AvgIpc) is 0.806. The Bertz CT molecular complexity index is 6700. The first-order valence-corrected chi connectivity index (χ1v) is 64.5. The standard InChI is InChI=1S/2C15H23NO2S.C14H22N2O2S.2C14H21NO3S.2C10H15NO2S.2C9H13NO2S/c1-12(2)14-4-6-15(7-5-14)19(17,18)16-10-8-13(3)9-11-16;1-12(2)14-5-4-6-15(11-14)19(17,18)16-9-7-13(3)8-10-16;1-12(2)13-4-6-14(7-5-13)19(17,18)16-10-8-15(3)9-11-16;2*1-11(2)12-5-3-7-14(9-12)19(17,18)15-8-4-6-13(16)10-15;1-7(2)10-5-4-9(6-8(10)3)14(11,12)13;1-7(2)10-6-9(14(11,12)13)5-4-8(10)3;1-7(2)8-3-5-9(6-4-8)13(10,11)12;1-7(2)8-4-3-5-9(6-8)13(10,11)12/h4-7,12-13H,8-11H2,1-3H3;4-6,11-13H,7-10H2,1-3H3;4-7,12H,8-11H2,1-3H3;2*3,5,7,9,11,13,16H,4,6,8,10H2,1-2H3;2*4-7H,1-3H3,(H2,11,12,13);2*3-7H,1-2H3,(H2,10,11,12)/t;;;2*13-;;;;/m...10..../s1. The molecule has 14 rings (SSSR count). The van der Waals surface area contributed by atoms with Crippen molar-refractivity contribution in [2.75, 3.05) is 85.6 Å². The van der Waals surface area contributed by atoms with E-state index in [4.69, 9.17) is 20.6 Å². The molecule has 2 atom stereocenters. The lowest BCUT2D eigenvalue weighted by molar-refractivity contribution is 0.108. The Hall–Kier alpha value is -7.95. The highest BCUT2D eigenvalue weighted by atomic mass is 32.2. The second kappa shape index (κ2) is 57.5.